The van der Waals surface area contributed by atoms with Crippen LogP contribution in [0, 0.1) is 6.92 Å². The van der Waals surface area contributed by atoms with Crippen LogP contribution < -0.4 is 10.1 Å². The largest absolute Gasteiger partial charge is 0.481 e. The molecule has 84 valence electrons. The molecule has 0 spiro atoms. The maximum absolute atomic E-state index is 5.22. The van der Waals surface area contributed by atoms with Crippen molar-refractivity contribution in [1.82, 2.24) is 9.97 Å². The van der Waals surface area contributed by atoms with Gasteiger partial charge < -0.3 is 10.1 Å². The third-order valence-electron chi connectivity index (χ3n) is 2.20. The minimum Gasteiger partial charge on any atom is -0.481 e. The van der Waals surface area contributed by atoms with E-state index in [0.29, 0.717) is 5.88 Å². The van der Waals surface area contributed by atoms with Gasteiger partial charge in [0.2, 0.25) is 5.88 Å². The molecule has 4 nitrogen and oxygen atoms in total. The van der Waals surface area contributed by atoms with Gasteiger partial charge in [-0.2, -0.15) is 4.98 Å². The minimum atomic E-state index is 0.667. The molecule has 0 amide bonds. The quantitative estimate of drug-likeness (QED) is 0.807. The molecule has 1 aromatic heterocycles. The maximum Gasteiger partial charge on any atom is 0.221 e. The summed E-state index contributed by atoms with van der Waals surface area (Å²) in [6.45, 7) is 7.05. The molecule has 0 bridgehead atoms. The lowest BCUT2D eigenvalue weighted by molar-refractivity contribution is 0.392. The van der Waals surface area contributed by atoms with Gasteiger partial charge in [-0.05, 0) is 13.3 Å². The lowest BCUT2D eigenvalue weighted by Gasteiger charge is -2.11. The topological polar surface area (TPSA) is 47.0 Å². The van der Waals surface area contributed by atoms with E-state index in [1.807, 2.05) is 13.8 Å². The highest BCUT2D eigenvalue weighted by Gasteiger charge is 2.09. The highest BCUT2D eigenvalue weighted by Crippen LogP contribution is 2.21. The number of aryl methyl sites for hydroxylation is 1. The summed E-state index contributed by atoms with van der Waals surface area (Å²) in [7, 11) is 1.64. The fraction of sp³-hybridized carbons (Fsp3) is 0.636. The first-order chi connectivity index (χ1) is 7.22. The molecule has 1 N–H and O–H groups in total. The number of methoxy groups -OCH3 is 1. The standard InChI is InChI=1S/C11H19N3O/c1-5-7-12-10-8(3)11(15-4)14-9(6-2)13-10/h5-7H2,1-4H3,(H,12,13,14). The maximum atomic E-state index is 5.22. The molecule has 0 aliphatic heterocycles. The highest BCUT2D eigenvalue weighted by atomic mass is 16.5. The Labute approximate surface area is 91.1 Å². The van der Waals surface area contributed by atoms with Gasteiger partial charge >= 0.3 is 0 Å². The molecule has 0 atom stereocenters. The van der Waals surface area contributed by atoms with E-state index in [1.54, 1.807) is 7.11 Å². The third-order valence-corrected chi connectivity index (χ3v) is 2.20. The van der Waals surface area contributed by atoms with Crippen LogP contribution in [0.3, 0.4) is 0 Å². The zero-order chi connectivity index (χ0) is 11.3. The summed E-state index contributed by atoms with van der Waals surface area (Å²) in [5, 5.41) is 3.28. The Morgan fingerprint density at radius 3 is 2.53 bits per heavy atom. The molecule has 15 heavy (non-hydrogen) atoms. The average molecular weight is 209 g/mol. The predicted molar refractivity (Wildman–Crippen MR) is 61.5 cm³/mol. The van der Waals surface area contributed by atoms with Crippen LogP contribution in [0.4, 0.5) is 5.82 Å². The van der Waals surface area contributed by atoms with Crippen molar-refractivity contribution in [1.29, 1.82) is 0 Å². The number of hydrogen-bond donors (Lipinski definition) is 1. The van der Waals surface area contributed by atoms with Crippen LogP contribution in [0.5, 0.6) is 5.88 Å². The zero-order valence-corrected chi connectivity index (χ0v) is 9.92. The fourth-order valence-corrected chi connectivity index (χ4v) is 1.31. The molecular formula is C11H19N3O. The van der Waals surface area contributed by atoms with Gasteiger partial charge in [0, 0.05) is 13.0 Å². The molecule has 0 saturated heterocycles. The van der Waals surface area contributed by atoms with Gasteiger partial charge in [-0.3, -0.25) is 0 Å². The van der Waals surface area contributed by atoms with Crippen molar-refractivity contribution in [3.63, 3.8) is 0 Å². The lowest BCUT2D eigenvalue weighted by atomic mass is 10.3. The van der Waals surface area contributed by atoms with Crippen LogP contribution in [-0.2, 0) is 6.42 Å². The summed E-state index contributed by atoms with van der Waals surface area (Å²) in [4.78, 5) is 8.74. The number of ether oxygens (including phenoxy) is 1. The molecule has 4 heteroatoms. The number of anilines is 1. The molecule has 1 aromatic rings. The Morgan fingerprint density at radius 1 is 1.27 bits per heavy atom. The number of hydrogen-bond acceptors (Lipinski definition) is 4. The van der Waals surface area contributed by atoms with Crippen molar-refractivity contribution < 1.29 is 4.74 Å². The summed E-state index contributed by atoms with van der Waals surface area (Å²) in [6, 6.07) is 0. The Balaban J connectivity index is 3.01. The van der Waals surface area contributed by atoms with E-state index in [-0.39, 0.29) is 0 Å². The summed E-state index contributed by atoms with van der Waals surface area (Å²) in [5.41, 5.74) is 0.975. The van der Waals surface area contributed by atoms with Crippen molar-refractivity contribution in [2.24, 2.45) is 0 Å². The van der Waals surface area contributed by atoms with Crippen LogP contribution in [-0.4, -0.2) is 23.6 Å². The number of rotatable bonds is 5. The van der Waals surface area contributed by atoms with Crippen LogP contribution >= 0.6 is 0 Å². The van der Waals surface area contributed by atoms with E-state index in [2.05, 4.69) is 22.2 Å². The van der Waals surface area contributed by atoms with Gasteiger partial charge in [0.05, 0.1) is 12.7 Å². The van der Waals surface area contributed by atoms with Crippen LogP contribution in [0.25, 0.3) is 0 Å². The lowest BCUT2D eigenvalue weighted by Crippen LogP contribution is -2.08. The molecule has 0 aromatic carbocycles. The Morgan fingerprint density at radius 2 is 2.00 bits per heavy atom. The second-order valence-corrected chi connectivity index (χ2v) is 3.40. The van der Waals surface area contributed by atoms with Crippen molar-refractivity contribution >= 4 is 5.82 Å². The average Bonchev–Trinajstić information content (AvgIpc) is 2.27. The van der Waals surface area contributed by atoms with Gasteiger partial charge in [0.15, 0.2) is 0 Å². The van der Waals surface area contributed by atoms with E-state index in [9.17, 15) is 0 Å². The van der Waals surface area contributed by atoms with E-state index >= 15 is 0 Å². The summed E-state index contributed by atoms with van der Waals surface area (Å²) in [5.74, 6) is 2.37. The third kappa shape index (κ3) is 2.81. The normalized spacial score (nSPS) is 10.1. The highest BCUT2D eigenvalue weighted by molar-refractivity contribution is 5.48. The van der Waals surface area contributed by atoms with Gasteiger partial charge in [-0.1, -0.05) is 13.8 Å². The first-order valence-electron chi connectivity index (χ1n) is 5.38. The zero-order valence-electron chi connectivity index (χ0n) is 9.92. The van der Waals surface area contributed by atoms with Crippen molar-refractivity contribution in [2.45, 2.75) is 33.6 Å². The Kier molecular flexibility index (Phi) is 4.34. The van der Waals surface area contributed by atoms with Crippen molar-refractivity contribution in [3.05, 3.63) is 11.4 Å². The van der Waals surface area contributed by atoms with Gasteiger partial charge in [0.1, 0.15) is 11.6 Å². The van der Waals surface area contributed by atoms with Gasteiger partial charge in [0.25, 0.3) is 0 Å². The first-order valence-corrected chi connectivity index (χ1v) is 5.38. The molecule has 0 aliphatic rings. The second kappa shape index (κ2) is 5.53. The number of aromatic nitrogens is 2. The molecule has 0 aliphatic carbocycles. The fourth-order valence-electron chi connectivity index (χ4n) is 1.31. The SMILES string of the molecule is CCCNc1nc(CC)nc(OC)c1C. The van der Waals surface area contributed by atoms with Crippen molar-refractivity contribution in [2.75, 3.05) is 19.0 Å². The molecule has 0 fully saturated rings. The summed E-state index contributed by atoms with van der Waals surface area (Å²) in [6.07, 6.45) is 1.89. The van der Waals surface area contributed by atoms with Crippen LogP contribution in [0.15, 0.2) is 0 Å². The first kappa shape index (κ1) is 11.8. The number of nitrogens with one attached hydrogen (secondary N) is 1. The van der Waals surface area contributed by atoms with Crippen LogP contribution in [0.1, 0.15) is 31.7 Å². The predicted octanol–water partition coefficient (Wildman–Crippen LogP) is 2.18. The molecule has 0 unspecified atom stereocenters. The monoisotopic (exact) mass is 209 g/mol. The molecule has 0 saturated carbocycles. The molecule has 1 rings (SSSR count). The van der Waals surface area contributed by atoms with Gasteiger partial charge in [-0.25, -0.2) is 4.98 Å². The van der Waals surface area contributed by atoms with Crippen molar-refractivity contribution in [3.8, 4) is 5.88 Å². The Hall–Kier alpha value is -1.32. The van der Waals surface area contributed by atoms with Gasteiger partial charge in [-0.15, -0.1) is 0 Å². The molecule has 1 heterocycles. The summed E-state index contributed by atoms with van der Waals surface area (Å²) < 4.78 is 5.22. The van der Waals surface area contributed by atoms with E-state index < -0.39 is 0 Å². The molecular weight excluding hydrogens is 190 g/mol. The van der Waals surface area contributed by atoms with E-state index in [1.165, 1.54) is 0 Å². The minimum absolute atomic E-state index is 0.667. The van der Waals surface area contributed by atoms with E-state index in [0.717, 1.165) is 36.6 Å². The Bertz CT molecular complexity index is 326. The summed E-state index contributed by atoms with van der Waals surface area (Å²) >= 11 is 0. The van der Waals surface area contributed by atoms with E-state index in [4.69, 9.17) is 4.74 Å². The molecule has 0 radical (unpaired) electrons. The second-order valence-electron chi connectivity index (χ2n) is 3.40. The van der Waals surface area contributed by atoms with Crippen LogP contribution in [0.2, 0.25) is 0 Å². The number of nitrogens with zero attached hydrogens (tertiary/aromatic N) is 2. The smallest absolute Gasteiger partial charge is 0.221 e.